The summed E-state index contributed by atoms with van der Waals surface area (Å²) in [6, 6.07) is 12.3. The molecule has 37 heavy (non-hydrogen) atoms. The Morgan fingerprint density at radius 3 is 2.81 bits per heavy atom. The van der Waals surface area contributed by atoms with Crippen LogP contribution in [-0.4, -0.2) is 54.7 Å². The van der Waals surface area contributed by atoms with E-state index in [4.69, 9.17) is 14.3 Å². The van der Waals surface area contributed by atoms with Gasteiger partial charge in [-0.3, -0.25) is 9.59 Å². The zero-order chi connectivity index (χ0) is 25.7. The molecular weight excluding hydrogens is 475 g/mol. The normalized spacial score (nSPS) is 21.5. The lowest BCUT2D eigenvalue weighted by Gasteiger charge is -2.44. The van der Waals surface area contributed by atoms with Crippen LogP contribution >= 0.6 is 0 Å². The van der Waals surface area contributed by atoms with Gasteiger partial charge in [0.15, 0.2) is 12.1 Å². The summed E-state index contributed by atoms with van der Waals surface area (Å²) in [6.07, 6.45) is 7.89. The summed E-state index contributed by atoms with van der Waals surface area (Å²) in [7, 11) is 0. The van der Waals surface area contributed by atoms with Gasteiger partial charge in [-0.15, -0.1) is 0 Å². The molecule has 8 heteroatoms. The number of carbonyl (C=O) groups is 2. The molecule has 2 aromatic carbocycles. The first-order valence-corrected chi connectivity index (χ1v) is 13.1. The highest BCUT2D eigenvalue weighted by Crippen LogP contribution is 2.39. The fraction of sp³-hybridized carbons (Fsp3) is 0.448. The Morgan fingerprint density at radius 1 is 1.19 bits per heavy atom. The molecule has 5 rings (SSSR count). The molecule has 0 aliphatic carbocycles. The maximum Gasteiger partial charge on any atom is 0.267 e. The van der Waals surface area contributed by atoms with Crippen molar-refractivity contribution in [1.82, 2.24) is 10.4 Å². The Morgan fingerprint density at radius 2 is 2.03 bits per heavy atom. The molecule has 3 heterocycles. The van der Waals surface area contributed by atoms with E-state index in [0.29, 0.717) is 30.8 Å². The second kappa shape index (κ2) is 11.5. The molecule has 2 fully saturated rings. The predicted octanol–water partition coefficient (Wildman–Crippen LogP) is 4.46. The minimum absolute atomic E-state index is 0.0542. The lowest BCUT2D eigenvalue weighted by atomic mass is 9.82. The summed E-state index contributed by atoms with van der Waals surface area (Å²) < 4.78 is 25.8. The number of halogens is 1. The predicted molar refractivity (Wildman–Crippen MR) is 136 cm³/mol. The van der Waals surface area contributed by atoms with E-state index < -0.39 is 17.8 Å². The van der Waals surface area contributed by atoms with Crippen LogP contribution in [-0.2, 0) is 20.8 Å². The number of ether oxygens (including phenoxy) is 2. The molecule has 0 radical (unpaired) electrons. The van der Waals surface area contributed by atoms with Gasteiger partial charge in [0, 0.05) is 51.6 Å². The van der Waals surface area contributed by atoms with Gasteiger partial charge in [-0.25, -0.2) is 14.7 Å². The van der Waals surface area contributed by atoms with Crippen LogP contribution in [0.2, 0.25) is 0 Å². The van der Waals surface area contributed by atoms with E-state index in [2.05, 4.69) is 10.4 Å². The zero-order valence-electron chi connectivity index (χ0n) is 20.9. The fourth-order valence-corrected chi connectivity index (χ4v) is 5.19. The van der Waals surface area contributed by atoms with E-state index in [1.54, 1.807) is 18.2 Å². The van der Waals surface area contributed by atoms with Crippen molar-refractivity contribution in [3.8, 4) is 5.75 Å². The maximum atomic E-state index is 13.9. The number of hydroxylamine groups is 1. The Labute approximate surface area is 216 Å². The highest BCUT2D eigenvalue weighted by atomic mass is 19.1. The van der Waals surface area contributed by atoms with E-state index in [0.717, 1.165) is 62.9 Å². The smallest absolute Gasteiger partial charge is 0.267 e. The number of hydrogen-bond acceptors (Lipinski definition) is 6. The number of piperidine rings is 1. The molecule has 1 N–H and O–H groups in total. The van der Waals surface area contributed by atoms with Crippen molar-refractivity contribution in [3.63, 3.8) is 0 Å². The van der Waals surface area contributed by atoms with Gasteiger partial charge < -0.3 is 14.4 Å². The molecular formula is C29H33FN2O5. The summed E-state index contributed by atoms with van der Waals surface area (Å²) in [5.41, 5.74) is 3.91. The van der Waals surface area contributed by atoms with Crippen LogP contribution in [0.3, 0.4) is 0 Å². The highest BCUT2D eigenvalue weighted by Gasteiger charge is 2.42. The third-order valence-electron chi connectivity index (χ3n) is 7.39. The third-order valence-corrected chi connectivity index (χ3v) is 7.39. The molecule has 2 aromatic rings. The van der Waals surface area contributed by atoms with Gasteiger partial charge in [0.1, 0.15) is 17.2 Å². The molecule has 2 saturated heterocycles. The van der Waals surface area contributed by atoms with Crippen molar-refractivity contribution in [2.75, 3.05) is 26.2 Å². The topological polar surface area (TPSA) is 77.1 Å². The van der Waals surface area contributed by atoms with Gasteiger partial charge in [-0.1, -0.05) is 24.3 Å². The molecule has 3 aliphatic rings. The number of ketones is 1. The molecule has 7 nitrogen and oxygen atoms in total. The van der Waals surface area contributed by atoms with E-state index in [9.17, 15) is 14.0 Å². The fourth-order valence-electron chi connectivity index (χ4n) is 5.19. The Hall–Kier alpha value is -3.07. The lowest BCUT2D eigenvalue weighted by molar-refractivity contribution is -0.198. The number of likely N-dealkylation sites (tertiary alicyclic amines) is 1. The second-order valence-corrected chi connectivity index (χ2v) is 10.0. The molecule has 1 unspecified atom stereocenters. The van der Waals surface area contributed by atoms with E-state index in [1.807, 2.05) is 24.3 Å². The standard InChI is InChI=1S/C29H33FN2O5/c30-24-6-2-1-5-22(24)12-15-32-16-13-29(14-17-32)20-25(33)23-19-21(8-10-26(23)36-29)9-11-27(34)31-37-28-7-3-4-18-35-28/h1-2,5-6,8-11,19,28H,3-4,7,12-18,20H2,(H,31,34)/b11-9+. The number of amides is 1. The van der Waals surface area contributed by atoms with Crippen LogP contribution in [0.15, 0.2) is 48.5 Å². The van der Waals surface area contributed by atoms with Gasteiger partial charge in [-0.05, 0) is 54.7 Å². The van der Waals surface area contributed by atoms with Crippen LogP contribution in [0.1, 0.15) is 60.0 Å². The highest BCUT2D eigenvalue weighted by molar-refractivity contribution is 6.01. The monoisotopic (exact) mass is 508 g/mol. The maximum absolute atomic E-state index is 13.9. The Bertz CT molecular complexity index is 1150. The van der Waals surface area contributed by atoms with Gasteiger partial charge in [0.25, 0.3) is 5.91 Å². The zero-order valence-corrected chi connectivity index (χ0v) is 20.9. The average Bonchev–Trinajstić information content (AvgIpc) is 2.92. The largest absolute Gasteiger partial charge is 0.486 e. The second-order valence-electron chi connectivity index (χ2n) is 10.0. The van der Waals surface area contributed by atoms with Gasteiger partial charge in [0.2, 0.25) is 0 Å². The number of hydrogen-bond donors (Lipinski definition) is 1. The van der Waals surface area contributed by atoms with Crippen LogP contribution in [0.25, 0.3) is 6.08 Å². The van der Waals surface area contributed by atoms with E-state index in [1.165, 1.54) is 12.1 Å². The molecule has 0 bridgehead atoms. The molecule has 0 saturated carbocycles. The summed E-state index contributed by atoms with van der Waals surface area (Å²) in [5.74, 6) is 0.0928. The number of nitrogens with one attached hydrogen (secondary N) is 1. The van der Waals surface area contributed by atoms with Crippen LogP contribution < -0.4 is 10.2 Å². The first-order chi connectivity index (χ1) is 18.0. The molecule has 1 amide bonds. The van der Waals surface area contributed by atoms with Crippen LogP contribution in [0, 0.1) is 5.82 Å². The van der Waals surface area contributed by atoms with Gasteiger partial charge >= 0.3 is 0 Å². The molecule has 1 spiro atoms. The van der Waals surface area contributed by atoms with Crippen molar-refractivity contribution in [2.45, 2.75) is 56.8 Å². The number of fused-ring (bicyclic) bond motifs is 1. The van der Waals surface area contributed by atoms with Crippen molar-refractivity contribution in [2.24, 2.45) is 0 Å². The quantitative estimate of drug-likeness (QED) is 0.440. The first-order valence-electron chi connectivity index (χ1n) is 13.1. The summed E-state index contributed by atoms with van der Waals surface area (Å²) >= 11 is 0. The third kappa shape index (κ3) is 6.44. The van der Waals surface area contributed by atoms with Crippen LogP contribution in [0.4, 0.5) is 4.39 Å². The summed E-state index contributed by atoms with van der Waals surface area (Å²) in [6.45, 7) is 3.03. The van der Waals surface area contributed by atoms with Crippen molar-refractivity contribution in [1.29, 1.82) is 0 Å². The van der Waals surface area contributed by atoms with E-state index in [-0.39, 0.29) is 11.6 Å². The van der Waals surface area contributed by atoms with Crippen molar-refractivity contribution in [3.05, 3.63) is 71.0 Å². The Kier molecular flexibility index (Phi) is 7.98. The molecule has 0 aromatic heterocycles. The van der Waals surface area contributed by atoms with Crippen molar-refractivity contribution < 1.29 is 28.3 Å². The summed E-state index contributed by atoms with van der Waals surface area (Å²) in [4.78, 5) is 32.8. The van der Waals surface area contributed by atoms with E-state index >= 15 is 0 Å². The number of carbonyl (C=O) groups excluding carboxylic acids is 2. The van der Waals surface area contributed by atoms with Crippen LogP contribution in [0.5, 0.6) is 5.75 Å². The summed E-state index contributed by atoms with van der Waals surface area (Å²) in [5, 5.41) is 0. The lowest BCUT2D eigenvalue weighted by Crippen LogP contribution is -2.51. The number of Topliss-reactive ketones (excluding diaryl/α,β-unsaturated/α-hetero) is 1. The minimum atomic E-state index is -0.492. The molecule has 196 valence electrons. The van der Waals surface area contributed by atoms with Crippen molar-refractivity contribution >= 4 is 17.8 Å². The van der Waals surface area contributed by atoms with Gasteiger partial charge in [-0.2, -0.15) is 0 Å². The number of benzene rings is 2. The van der Waals surface area contributed by atoms with Gasteiger partial charge in [0.05, 0.1) is 12.0 Å². The average molecular weight is 509 g/mol. The number of nitrogens with zero attached hydrogens (tertiary/aromatic N) is 1. The first kappa shape index (κ1) is 25.6. The Balaban J connectivity index is 1.13. The minimum Gasteiger partial charge on any atom is -0.486 e. The SMILES string of the molecule is O=C(/C=C/c1ccc2c(c1)C(=O)CC1(CCN(CCc3ccccc3F)CC1)O2)NOC1CCCCO1. The number of rotatable bonds is 7. The molecule has 1 atom stereocenters. The molecule has 3 aliphatic heterocycles.